The van der Waals surface area contributed by atoms with Gasteiger partial charge in [0.05, 0.1) is 16.6 Å². The van der Waals surface area contributed by atoms with Gasteiger partial charge < -0.3 is 15.3 Å². The van der Waals surface area contributed by atoms with E-state index in [4.69, 9.17) is 16.7 Å². The van der Waals surface area contributed by atoms with Crippen LogP contribution in [0.5, 0.6) is 0 Å². The molecule has 1 aromatic rings. The molecule has 1 fully saturated rings. The first-order valence-corrected chi connectivity index (χ1v) is 7.38. The van der Waals surface area contributed by atoms with Crippen molar-refractivity contribution in [2.45, 2.75) is 12.8 Å². The Morgan fingerprint density at radius 2 is 2.00 bits per heavy atom. The molecule has 1 aliphatic heterocycles. The Balaban J connectivity index is 1.94. The Labute approximate surface area is 130 Å². The third-order valence-electron chi connectivity index (χ3n) is 3.30. The van der Waals surface area contributed by atoms with Crippen LogP contribution in [0.4, 0.5) is 10.5 Å². The number of halogens is 2. The molecular weight excluding hydrogens is 348 g/mol. The van der Waals surface area contributed by atoms with Gasteiger partial charge in [-0.25, -0.2) is 4.79 Å². The predicted molar refractivity (Wildman–Crippen MR) is 80.1 cm³/mol. The van der Waals surface area contributed by atoms with Gasteiger partial charge in [-0.3, -0.25) is 4.79 Å². The normalized spacial score (nSPS) is 16.0. The number of hydrogen-bond acceptors (Lipinski definition) is 2. The molecule has 0 bridgehead atoms. The van der Waals surface area contributed by atoms with Crippen LogP contribution in [0.2, 0.25) is 5.02 Å². The van der Waals surface area contributed by atoms with E-state index in [2.05, 4.69) is 21.2 Å². The molecule has 2 amide bonds. The van der Waals surface area contributed by atoms with E-state index >= 15 is 0 Å². The molecule has 0 unspecified atom stereocenters. The molecule has 5 nitrogen and oxygen atoms in total. The minimum absolute atomic E-state index is 0.252. The molecule has 0 atom stereocenters. The van der Waals surface area contributed by atoms with Gasteiger partial charge in [0.2, 0.25) is 0 Å². The highest BCUT2D eigenvalue weighted by Gasteiger charge is 2.27. The monoisotopic (exact) mass is 360 g/mol. The lowest BCUT2D eigenvalue weighted by molar-refractivity contribution is -0.143. The molecule has 1 saturated heterocycles. The molecule has 0 aromatic heterocycles. The first-order chi connectivity index (χ1) is 9.47. The maximum Gasteiger partial charge on any atom is 0.321 e. The highest BCUT2D eigenvalue weighted by Crippen LogP contribution is 2.26. The summed E-state index contributed by atoms with van der Waals surface area (Å²) in [6.45, 7) is 0.883. The average Bonchev–Trinajstić information content (AvgIpc) is 2.42. The maximum atomic E-state index is 12.1. The van der Waals surface area contributed by atoms with Gasteiger partial charge >= 0.3 is 12.0 Å². The second-order valence-electron chi connectivity index (χ2n) is 4.65. The standard InChI is InChI=1S/C13H14BrClN2O3/c14-9-1-2-11(10(15)7-9)16-13(20)17-5-3-8(4-6-17)12(18)19/h1-2,7-8H,3-6H2,(H,16,20)(H,18,19). The molecule has 2 N–H and O–H groups in total. The molecule has 0 spiro atoms. The van der Waals surface area contributed by atoms with Crippen molar-refractivity contribution in [2.24, 2.45) is 5.92 Å². The smallest absolute Gasteiger partial charge is 0.321 e. The third kappa shape index (κ3) is 3.64. The molecular formula is C13H14BrClN2O3. The lowest BCUT2D eigenvalue weighted by Crippen LogP contribution is -2.42. The molecule has 1 aliphatic rings. The quantitative estimate of drug-likeness (QED) is 0.848. The van der Waals surface area contributed by atoms with Crippen LogP contribution < -0.4 is 5.32 Å². The number of carboxylic acids is 1. The van der Waals surface area contributed by atoms with Crippen molar-refractivity contribution in [2.75, 3.05) is 18.4 Å². The lowest BCUT2D eigenvalue weighted by Gasteiger charge is -2.30. The van der Waals surface area contributed by atoms with Crippen LogP contribution >= 0.6 is 27.5 Å². The maximum absolute atomic E-state index is 12.1. The number of piperidine rings is 1. The number of carbonyl (C=O) groups is 2. The number of carbonyl (C=O) groups excluding carboxylic acids is 1. The second-order valence-corrected chi connectivity index (χ2v) is 5.98. The molecule has 108 valence electrons. The lowest BCUT2D eigenvalue weighted by atomic mass is 9.97. The van der Waals surface area contributed by atoms with Crippen molar-refractivity contribution in [1.82, 2.24) is 4.90 Å². The summed E-state index contributed by atoms with van der Waals surface area (Å²) >= 11 is 9.33. The Hall–Kier alpha value is -1.27. The number of urea groups is 1. The number of rotatable bonds is 2. The van der Waals surface area contributed by atoms with E-state index in [0.717, 1.165) is 4.47 Å². The van der Waals surface area contributed by atoms with E-state index in [-0.39, 0.29) is 11.9 Å². The van der Waals surface area contributed by atoms with Gasteiger partial charge in [-0.15, -0.1) is 0 Å². The Kier molecular flexibility index (Phi) is 4.88. The number of carboxylic acid groups (broad SMARTS) is 1. The Morgan fingerprint density at radius 1 is 1.35 bits per heavy atom. The van der Waals surface area contributed by atoms with Crippen LogP contribution in [0.25, 0.3) is 0 Å². The van der Waals surface area contributed by atoms with E-state index in [9.17, 15) is 9.59 Å². The highest BCUT2D eigenvalue weighted by atomic mass is 79.9. The van der Waals surface area contributed by atoms with Gasteiger partial charge in [0.15, 0.2) is 0 Å². The molecule has 0 saturated carbocycles. The molecule has 0 aliphatic carbocycles. The SMILES string of the molecule is O=C(O)C1CCN(C(=O)Nc2ccc(Br)cc2Cl)CC1. The molecule has 1 heterocycles. The first kappa shape index (κ1) is 15.1. The van der Waals surface area contributed by atoms with Crippen LogP contribution in [0, 0.1) is 5.92 Å². The summed E-state index contributed by atoms with van der Waals surface area (Å²) in [7, 11) is 0. The van der Waals surface area contributed by atoms with Crippen LogP contribution in [-0.2, 0) is 4.79 Å². The largest absolute Gasteiger partial charge is 0.481 e. The summed E-state index contributed by atoms with van der Waals surface area (Å²) < 4.78 is 0.836. The zero-order chi connectivity index (χ0) is 14.7. The number of anilines is 1. The van der Waals surface area contributed by atoms with Crippen molar-refractivity contribution < 1.29 is 14.7 Å². The van der Waals surface area contributed by atoms with Crippen LogP contribution in [0.1, 0.15) is 12.8 Å². The topological polar surface area (TPSA) is 69.6 Å². The summed E-state index contributed by atoms with van der Waals surface area (Å²) in [6, 6.07) is 4.96. The van der Waals surface area contributed by atoms with Crippen molar-refractivity contribution in [3.05, 3.63) is 27.7 Å². The van der Waals surface area contributed by atoms with Crippen molar-refractivity contribution >= 4 is 45.2 Å². The molecule has 2 rings (SSSR count). The van der Waals surface area contributed by atoms with Crippen molar-refractivity contribution in [3.63, 3.8) is 0 Å². The fraction of sp³-hybridized carbons (Fsp3) is 0.385. The zero-order valence-electron chi connectivity index (χ0n) is 10.6. The van der Waals surface area contributed by atoms with Crippen molar-refractivity contribution in [1.29, 1.82) is 0 Å². The van der Waals surface area contributed by atoms with Gasteiger partial charge in [-0.05, 0) is 31.0 Å². The summed E-state index contributed by atoms with van der Waals surface area (Å²) in [4.78, 5) is 24.5. The zero-order valence-corrected chi connectivity index (χ0v) is 12.9. The summed E-state index contributed by atoms with van der Waals surface area (Å²) in [5, 5.41) is 12.1. The third-order valence-corrected chi connectivity index (χ3v) is 4.11. The van der Waals surface area contributed by atoms with Crippen molar-refractivity contribution in [3.8, 4) is 0 Å². The molecule has 7 heteroatoms. The number of hydrogen-bond donors (Lipinski definition) is 2. The first-order valence-electron chi connectivity index (χ1n) is 6.21. The minimum Gasteiger partial charge on any atom is -0.481 e. The van der Waals surface area contributed by atoms with Gasteiger partial charge in [-0.2, -0.15) is 0 Å². The van der Waals surface area contributed by atoms with Crippen LogP contribution in [-0.4, -0.2) is 35.1 Å². The number of aliphatic carboxylic acids is 1. The van der Waals surface area contributed by atoms with Gasteiger partial charge in [0.1, 0.15) is 0 Å². The number of nitrogens with one attached hydrogen (secondary N) is 1. The number of likely N-dealkylation sites (tertiary alicyclic amines) is 1. The van der Waals surface area contributed by atoms with Gasteiger partial charge in [0, 0.05) is 17.6 Å². The molecule has 1 aromatic carbocycles. The van der Waals surface area contributed by atoms with E-state index < -0.39 is 5.97 Å². The average molecular weight is 362 g/mol. The van der Waals surface area contributed by atoms with Gasteiger partial charge in [0.25, 0.3) is 0 Å². The van der Waals surface area contributed by atoms with E-state index in [0.29, 0.717) is 36.6 Å². The summed E-state index contributed by atoms with van der Waals surface area (Å²) in [5.74, 6) is -1.14. The van der Waals surface area contributed by atoms with E-state index in [1.165, 1.54) is 0 Å². The predicted octanol–water partition coefficient (Wildman–Crippen LogP) is 3.43. The summed E-state index contributed by atoms with van der Waals surface area (Å²) in [5.41, 5.74) is 0.542. The number of nitrogens with zero attached hydrogens (tertiary/aromatic N) is 1. The Bertz CT molecular complexity index is 530. The van der Waals surface area contributed by atoms with Gasteiger partial charge in [-0.1, -0.05) is 27.5 Å². The van der Waals surface area contributed by atoms with E-state index in [1.807, 2.05) is 0 Å². The fourth-order valence-electron chi connectivity index (χ4n) is 2.11. The fourth-order valence-corrected chi connectivity index (χ4v) is 2.84. The van der Waals surface area contributed by atoms with Crippen LogP contribution in [0.3, 0.4) is 0 Å². The molecule has 20 heavy (non-hydrogen) atoms. The highest BCUT2D eigenvalue weighted by molar-refractivity contribution is 9.10. The number of benzene rings is 1. The Morgan fingerprint density at radius 3 is 2.55 bits per heavy atom. The molecule has 0 radical (unpaired) electrons. The van der Waals surface area contributed by atoms with E-state index in [1.54, 1.807) is 23.1 Å². The van der Waals surface area contributed by atoms with Crippen LogP contribution in [0.15, 0.2) is 22.7 Å². The minimum atomic E-state index is -0.791. The summed E-state index contributed by atoms with van der Waals surface area (Å²) in [6.07, 6.45) is 0.966. The number of amides is 2. The second kappa shape index (κ2) is 6.45.